The highest BCUT2D eigenvalue weighted by Crippen LogP contribution is 2.21. The molecular formula is C17H24N4O2S. The number of carbonyl (C=O) groups is 1. The second-order valence-electron chi connectivity index (χ2n) is 5.70. The highest BCUT2D eigenvalue weighted by atomic mass is 32.2. The van der Waals surface area contributed by atoms with Crippen LogP contribution >= 0.6 is 11.8 Å². The van der Waals surface area contributed by atoms with Crippen LogP contribution < -0.4 is 5.69 Å². The molecule has 24 heavy (non-hydrogen) atoms. The maximum atomic E-state index is 12.4. The molecule has 1 amide bonds. The molecule has 1 aromatic carbocycles. The monoisotopic (exact) mass is 348 g/mol. The zero-order valence-corrected chi connectivity index (χ0v) is 15.2. The molecule has 0 aliphatic carbocycles. The van der Waals surface area contributed by atoms with Crippen molar-refractivity contribution in [2.75, 3.05) is 12.8 Å². The molecule has 7 heteroatoms. The first-order chi connectivity index (χ1) is 11.5. The first kappa shape index (κ1) is 18.3. The normalized spacial score (nSPS) is 12.1. The Labute approximate surface area is 146 Å². The highest BCUT2D eigenvalue weighted by molar-refractivity contribution is 7.99. The van der Waals surface area contributed by atoms with Gasteiger partial charge in [-0.15, -0.1) is 5.10 Å². The molecule has 0 spiro atoms. The largest absolute Gasteiger partial charge is 0.343 e. The van der Waals surface area contributed by atoms with E-state index in [0.29, 0.717) is 11.7 Å². The predicted molar refractivity (Wildman–Crippen MR) is 96.1 cm³/mol. The number of benzene rings is 1. The highest BCUT2D eigenvalue weighted by Gasteiger charge is 2.18. The SMILES string of the molecule is CCCCn1c(SCC(=O)N(C)C(C)c2ccccc2)n[nH]c1=O. The second kappa shape index (κ2) is 8.73. The standard InChI is InChI=1S/C17H24N4O2S/c1-4-5-11-21-16(23)18-19-17(21)24-12-15(22)20(3)13(2)14-9-7-6-8-10-14/h6-10,13H,4-5,11-12H2,1-3H3,(H,18,23). The first-order valence-corrected chi connectivity index (χ1v) is 9.11. The summed E-state index contributed by atoms with van der Waals surface area (Å²) in [6.07, 6.45) is 1.91. The van der Waals surface area contributed by atoms with Gasteiger partial charge in [0.25, 0.3) is 0 Å². The third-order valence-electron chi connectivity index (χ3n) is 4.04. The van der Waals surface area contributed by atoms with Gasteiger partial charge >= 0.3 is 5.69 Å². The summed E-state index contributed by atoms with van der Waals surface area (Å²) in [6, 6.07) is 9.92. The van der Waals surface area contributed by atoms with Gasteiger partial charge in [0.2, 0.25) is 5.91 Å². The maximum absolute atomic E-state index is 12.4. The molecule has 0 radical (unpaired) electrons. The third-order valence-corrected chi connectivity index (χ3v) is 5.00. The van der Waals surface area contributed by atoms with Gasteiger partial charge in [0.05, 0.1) is 11.8 Å². The van der Waals surface area contributed by atoms with Crippen LogP contribution in [0.2, 0.25) is 0 Å². The molecule has 1 N–H and O–H groups in total. The summed E-state index contributed by atoms with van der Waals surface area (Å²) in [5, 5.41) is 7.05. The minimum atomic E-state index is -0.218. The molecule has 0 fully saturated rings. The summed E-state index contributed by atoms with van der Waals surface area (Å²) in [5.74, 6) is 0.262. The van der Waals surface area contributed by atoms with Crippen molar-refractivity contribution in [3.63, 3.8) is 0 Å². The van der Waals surface area contributed by atoms with E-state index in [4.69, 9.17) is 0 Å². The first-order valence-electron chi connectivity index (χ1n) is 8.13. The van der Waals surface area contributed by atoms with Crippen LogP contribution in [0.5, 0.6) is 0 Å². The molecule has 2 aromatic rings. The van der Waals surface area contributed by atoms with Crippen molar-refractivity contribution in [2.24, 2.45) is 0 Å². The molecule has 130 valence electrons. The topological polar surface area (TPSA) is 71.0 Å². The van der Waals surface area contributed by atoms with Gasteiger partial charge < -0.3 is 4.90 Å². The number of rotatable bonds is 8. The van der Waals surface area contributed by atoms with E-state index in [-0.39, 0.29) is 23.4 Å². The molecule has 2 rings (SSSR count). The minimum absolute atomic E-state index is 0.000711. The molecule has 1 heterocycles. The number of H-pyrrole nitrogens is 1. The van der Waals surface area contributed by atoms with Gasteiger partial charge in [-0.3, -0.25) is 9.36 Å². The van der Waals surface area contributed by atoms with Crippen LogP contribution in [0.4, 0.5) is 0 Å². The van der Waals surface area contributed by atoms with E-state index in [2.05, 4.69) is 17.1 Å². The third kappa shape index (κ3) is 4.50. The van der Waals surface area contributed by atoms with Gasteiger partial charge in [0.15, 0.2) is 5.16 Å². The Morgan fingerprint density at radius 2 is 2.08 bits per heavy atom. The van der Waals surface area contributed by atoms with Crippen molar-refractivity contribution in [3.05, 3.63) is 46.4 Å². The summed E-state index contributed by atoms with van der Waals surface area (Å²) in [7, 11) is 1.80. The van der Waals surface area contributed by atoms with Crippen LogP contribution in [-0.4, -0.2) is 38.4 Å². The van der Waals surface area contributed by atoms with Gasteiger partial charge in [-0.05, 0) is 18.9 Å². The van der Waals surface area contributed by atoms with Gasteiger partial charge in [0, 0.05) is 13.6 Å². The van der Waals surface area contributed by atoms with E-state index in [1.54, 1.807) is 16.5 Å². The lowest BCUT2D eigenvalue weighted by Crippen LogP contribution is -2.31. The van der Waals surface area contributed by atoms with Crippen LogP contribution in [0.15, 0.2) is 40.3 Å². The Bertz CT molecular complexity index is 711. The van der Waals surface area contributed by atoms with E-state index >= 15 is 0 Å². The Morgan fingerprint density at radius 1 is 1.38 bits per heavy atom. The van der Waals surface area contributed by atoms with Crippen molar-refractivity contribution >= 4 is 17.7 Å². The second-order valence-corrected chi connectivity index (χ2v) is 6.64. The summed E-state index contributed by atoms with van der Waals surface area (Å²) in [5.41, 5.74) is 0.877. The smallest absolute Gasteiger partial charge is 0.338 e. The molecule has 0 saturated carbocycles. The predicted octanol–water partition coefficient (Wildman–Crippen LogP) is 2.68. The molecule has 0 aliphatic heterocycles. The lowest BCUT2D eigenvalue weighted by Gasteiger charge is -2.25. The van der Waals surface area contributed by atoms with Crippen LogP contribution in [0.3, 0.4) is 0 Å². The average Bonchev–Trinajstić information content (AvgIpc) is 2.97. The van der Waals surface area contributed by atoms with Crippen molar-refractivity contribution in [1.29, 1.82) is 0 Å². The fourth-order valence-corrected chi connectivity index (χ4v) is 3.22. The zero-order chi connectivity index (χ0) is 17.5. The zero-order valence-electron chi connectivity index (χ0n) is 14.4. The molecule has 0 aliphatic rings. The van der Waals surface area contributed by atoms with Crippen molar-refractivity contribution in [2.45, 2.75) is 44.4 Å². The number of nitrogens with one attached hydrogen (secondary N) is 1. The molecule has 1 aromatic heterocycles. The molecule has 1 unspecified atom stereocenters. The number of aromatic amines is 1. The Kier molecular flexibility index (Phi) is 6.66. The molecular weight excluding hydrogens is 324 g/mol. The summed E-state index contributed by atoms with van der Waals surface area (Å²) < 4.78 is 1.60. The van der Waals surface area contributed by atoms with E-state index in [1.807, 2.05) is 37.3 Å². The number of hydrogen-bond donors (Lipinski definition) is 1. The quantitative estimate of drug-likeness (QED) is 0.745. The van der Waals surface area contributed by atoms with E-state index in [1.165, 1.54) is 11.8 Å². The number of aromatic nitrogens is 3. The molecule has 6 nitrogen and oxygen atoms in total. The number of nitrogens with zero attached hydrogens (tertiary/aromatic N) is 3. The van der Waals surface area contributed by atoms with Gasteiger partial charge in [0.1, 0.15) is 0 Å². The average molecular weight is 348 g/mol. The van der Waals surface area contributed by atoms with Crippen LogP contribution in [-0.2, 0) is 11.3 Å². The number of amides is 1. The number of carbonyl (C=O) groups excluding carboxylic acids is 1. The van der Waals surface area contributed by atoms with Crippen LogP contribution in [0.1, 0.15) is 38.3 Å². The Balaban J connectivity index is 1.97. The van der Waals surface area contributed by atoms with Crippen molar-refractivity contribution < 1.29 is 4.79 Å². The molecule has 0 saturated heterocycles. The molecule has 1 atom stereocenters. The minimum Gasteiger partial charge on any atom is -0.338 e. The number of unbranched alkanes of at least 4 members (excludes halogenated alkanes) is 1. The summed E-state index contributed by atoms with van der Waals surface area (Å²) in [6.45, 7) is 4.70. The van der Waals surface area contributed by atoms with Crippen LogP contribution in [0, 0.1) is 0 Å². The Hall–Kier alpha value is -2.02. The van der Waals surface area contributed by atoms with Gasteiger partial charge in [-0.1, -0.05) is 55.4 Å². The van der Waals surface area contributed by atoms with Gasteiger partial charge in [-0.2, -0.15) is 0 Å². The summed E-state index contributed by atoms with van der Waals surface area (Å²) in [4.78, 5) is 25.9. The number of thioether (sulfide) groups is 1. The number of hydrogen-bond acceptors (Lipinski definition) is 4. The van der Waals surface area contributed by atoms with Gasteiger partial charge in [-0.25, -0.2) is 9.89 Å². The van der Waals surface area contributed by atoms with Crippen molar-refractivity contribution in [3.8, 4) is 0 Å². The fraction of sp³-hybridized carbons (Fsp3) is 0.471. The maximum Gasteiger partial charge on any atom is 0.343 e. The van der Waals surface area contributed by atoms with Crippen molar-refractivity contribution in [1.82, 2.24) is 19.7 Å². The summed E-state index contributed by atoms with van der Waals surface area (Å²) >= 11 is 1.30. The Morgan fingerprint density at radius 3 is 2.75 bits per heavy atom. The van der Waals surface area contributed by atoms with E-state index < -0.39 is 0 Å². The van der Waals surface area contributed by atoms with E-state index in [0.717, 1.165) is 18.4 Å². The lowest BCUT2D eigenvalue weighted by atomic mass is 10.1. The molecule has 0 bridgehead atoms. The lowest BCUT2D eigenvalue weighted by molar-refractivity contribution is -0.128. The van der Waals surface area contributed by atoms with Crippen LogP contribution in [0.25, 0.3) is 0 Å². The fourth-order valence-electron chi connectivity index (χ4n) is 2.33. The van der Waals surface area contributed by atoms with E-state index in [9.17, 15) is 9.59 Å².